The molecule has 2 nitrogen and oxygen atoms in total. The summed E-state index contributed by atoms with van der Waals surface area (Å²) in [6.07, 6.45) is -0.265. The molecule has 1 atom stereocenters. The smallest absolute Gasteiger partial charge is 0.192 e. The van der Waals surface area contributed by atoms with Gasteiger partial charge in [-0.15, -0.1) is 0 Å². The van der Waals surface area contributed by atoms with E-state index in [1.807, 2.05) is 0 Å². The molecule has 1 rings (SSSR count). The van der Waals surface area contributed by atoms with Gasteiger partial charge in [0.1, 0.15) is 0 Å². The molecule has 0 bridgehead atoms. The summed E-state index contributed by atoms with van der Waals surface area (Å²) in [7, 11) is -1.77. The number of halogens is 3. The maximum atomic E-state index is 6.42. The molecule has 20 heavy (non-hydrogen) atoms. The molecule has 0 aliphatic heterocycles. The van der Waals surface area contributed by atoms with E-state index in [4.69, 9.17) is 45.0 Å². The lowest BCUT2D eigenvalue weighted by Crippen LogP contribution is -2.39. The summed E-state index contributed by atoms with van der Waals surface area (Å²) >= 11 is 18.5. The normalized spacial score (nSPS) is 13.6. The minimum Gasteiger partial charge on any atom is -0.409 e. The number of nitrogens with two attached hydrogens (primary N) is 1. The Morgan fingerprint density at radius 1 is 1.05 bits per heavy atom. The van der Waals surface area contributed by atoms with Gasteiger partial charge in [-0.25, -0.2) is 0 Å². The van der Waals surface area contributed by atoms with Gasteiger partial charge in [0.05, 0.1) is 6.10 Å². The van der Waals surface area contributed by atoms with Gasteiger partial charge >= 0.3 is 0 Å². The lowest BCUT2D eigenvalue weighted by Gasteiger charge is -2.33. The van der Waals surface area contributed by atoms with E-state index < -0.39 is 8.32 Å². The summed E-state index contributed by atoms with van der Waals surface area (Å²) in [5, 5.41) is 1.55. The van der Waals surface area contributed by atoms with E-state index in [9.17, 15) is 0 Å². The standard InChI is InChI=1S/C14H22Cl3NOSi/c1-4-20(5-2,6-3)19-13(9-18)14-11(16)7-10(15)8-12(14)17/h7-8,13H,4-6,9,18H2,1-3H3/t13-/m0/s1. The summed E-state index contributed by atoms with van der Waals surface area (Å²) in [6, 6.07) is 6.53. The Bertz CT molecular complexity index is 421. The molecule has 0 aliphatic carbocycles. The first-order chi connectivity index (χ1) is 9.42. The Hall–Kier alpha value is 0.227. The van der Waals surface area contributed by atoms with Crippen molar-refractivity contribution in [2.45, 2.75) is 45.0 Å². The van der Waals surface area contributed by atoms with Gasteiger partial charge in [-0.05, 0) is 30.3 Å². The summed E-state index contributed by atoms with van der Waals surface area (Å²) in [6.45, 7) is 6.89. The molecule has 6 heteroatoms. The quantitative estimate of drug-likeness (QED) is 0.640. The van der Waals surface area contributed by atoms with Crippen molar-refractivity contribution < 1.29 is 4.43 Å². The van der Waals surface area contributed by atoms with Crippen LogP contribution in [0.2, 0.25) is 33.2 Å². The molecule has 0 amide bonds. The van der Waals surface area contributed by atoms with Gasteiger partial charge in [0.2, 0.25) is 0 Å². The fraction of sp³-hybridized carbons (Fsp3) is 0.571. The van der Waals surface area contributed by atoms with Crippen molar-refractivity contribution in [3.63, 3.8) is 0 Å². The van der Waals surface area contributed by atoms with Crippen LogP contribution >= 0.6 is 34.8 Å². The van der Waals surface area contributed by atoms with Crippen molar-refractivity contribution in [3.05, 3.63) is 32.8 Å². The van der Waals surface area contributed by atoms with Crippen LogP contribution in [-0.2, 0) is 4.43 Å². The second-order valence-electron chi connectivity index (χ2n) is 4.87. The Labute approximate surface area is 137 Å². The topological polar surface area (TPSA) is 35.2 Å². The number of hydrogen-bond acceptors (Lipinski definition) is 2. The fourth-order valence-electron chi connectivity index (χ4n) is 2.39. The molecular formula is C14H22Cl3NOSi. The average Bonchev–Trinajstić information content (AvgIpc) is 2.42. The second kappa shape index (κ2) is 8.02. The van der Waals surface area contributed by atoms with Gasteiger partial charge in [-0.1, -0.05) is 55.6 Å². The maximum Gasteiger partial charge on any atom is 0.192 e. The van der Waals surface area contributed by atoms with E-state index in [2.05, 4.69) is 20.8 Å². The van der Waals surface area contributed by atoms with Crippen molar-refractivity contribution in [3.8, 4) is 0 Å². The zero-order valence-corrected chi connectivity index (χ0v) is 15.4. The molecule has 0 spiro atoms. The molecule has 0 saturated heterocycles. The third-order valence-corrected chi connectivity index (χ3v) is 9.40. The average molecular weight is 355 g/mol. The zero-order chi connectivity index (χ0) is 15.3. The first-order valence-corrected chi connectivity index (χ1v) is 10.6. The van der Waals surface area contributed by atoms with E-state index >= 15 is 0 Å². The monoisotopic (exact) mass is 353 g/mol. The fourth-order valence-corrected chi connectivity index (χ4v) is 6.27. The van der Waals surface area contributed by atoms with Crippen LogP contribution in [0.1, 0.15) is 32.4 Å². The zero-order valence-electron chi connectivity index (χ0n) is 12.2. The van der Waals surface area contributed by atoms with Crippen LogP contribution < -0.4 is 5.73 Å². The first-order valence-electron chi connectivity index (χ1n) is 6.95. The van der Waals surface area contributed by atoms with Crippen molar-refractivity contribution >= 4 is 43.1 Å². The molecule has 0 aromatic heterocycles. The summed E-state index contributed by atoms with van der Waals surface area (Å²) < 4.78 is 6.42. The highest BCUT2D eigenvalue weighted by Crippen LogP contribution is 2.38. The maximum absolute atomic E-state index is 6.42. The minimum absolute atomic E-state index is 0.265. The minimum atomic E-state index is -1.77. The highest BCUT2D eigenvalue weighted by atomic mass is 35.5. The van der Waals surface area contributed by atoms with Crippen LogP contribution in [0.4, 0.5) is 0 Å². The Morgan fingerprint density at radius 2 is 1.50 bits per heavy atom. The van der Waals surface area contributed by atoms with Gasteiger partial charge in [0.25, 0.3) is 0 Å². The Kier molecular flexibility index (Phi) is 7.33. The predicted octanol–water partition coefficient (Wildman–Crippen LogP) is 5.67. The molecule has 1 aromatic carbocycles. The van der Waals surface area contributed by atoms with Crippen LogP contribution in [0, 0.1) is 0 Å². The largest absolute Gasteiger partial charge is 0.409 e. The van der Waals surface area contributed by atoms with Crippen molar-refractivity contribution in [1.29, 1.82) is 0 Å². The van der Waals surface area contributed by atoms with Crippen molar-refractivity contribution in [1.82, 2.24) is 0 Å². The number of benzene rings is 1. The lowest BCUT2D eigenvalue weighted by atomic mass is 10.1. The van der Waals surface area contributed by atoms with Gasteiger partial charge in [0, 0.05) is 27.2 Å². The first kappa shape index (κ1) is 18.3. The third kappa shape index (κ3) is 4.12. The Morgan fingerprint density at radius 3 is 1.85 bits per heavy atom. The summed E-state index contributed by atoms with van der Waals surface area (Å²) in [5.41, 5.74) is 6.66. The number of rotatable bonds is 7. The predicted molar refractivity (Wildman–Crippen MR) is 91.5 cm³/mol. The third-order valence-electron chi connectivity index (χ3n) is 3.91. The van der Waals surface area contributed by atoms with Crippen LogP contribution in [0.25, 0.3) is 0 Å². The molecule has 0 radical (unpaired) electrons. The van der Waals surface area contributed by atoms with Crippen LogP contribution in [-0.4, -0.2) is 14.9 Å². The van der Waals surface area contributed by atoms with Gasteiger partial charge in [0.15, 0.2) is 8.32 Å². The highest BCUT2D eigenvalue weighted by Gasteiger charge is 2.33. The highest BCUT2D eigenvalue weighted by molar-refractivity contribution is 6.73. The van der Waals surface area contributed by atoms with Gasteiger partial charge in [-0.2, -0.15) is 0 Å². The van der Waals surface area contributed by atoms with E-state index in [0.717, 1.165) is 23.7 Å². The van der Waals surface area contributed by atoms with Crippen LogP contribution in [0.15, 0.2) is 12.1 Å². The summed E-state index contributed by atoms with van der Waals surface area (Å²) in [5.74, 6) is 0. The second-order valence-corrected chi connectivity index (χ2v) is 10.8. The molecule has 1 aromatic rings. The summed E-state index contributed by atoms with van der Waals surface area (Å²) in [4.78, 5) is 0. The molecular weight excluding hydrogens is 333 g/mol. The van der Waals surface area contributed by atoms with Gasteiger partial charge < -0.3 is 10.2 Å². The van der Waals surface area contributed by atoms with Crippen molar-refractivity contribution in [2.24, 2.45) is 5.73 Å². The van der Waals surface area contributed by atoms with Crippen molar-refractivity contribution in [2.75, 3.05) is 6.54 Å². The molecule has 0 aliphatic rings. The van der Waals surface area contributed by atoms with E-state index in [1.54, 1.807) is 12.1 Å². The molecule has 0 unspecified atom stereocenters. The van der Waals surface area contributed by atoms with Gasteiger partial charge in [-0.3, -0.25) is 0 Å². The Balaban J connectivity index is 3.14. The molecule has 0 saturated carbocycles. The van der Waals surface area contributed by atoms with Crippen LogP contribution in [0.3, 0.4) is 0 Å². The molecule has 0 heterocycles. The lowest BCUT2D eigenvalue weighted by molar-refractivity contribution is 0.198. The number of hydrogen-bond donors (Lipinski definition) is 1. The van der Waals surface area contributed by atoms with E-state index in [1.165, 1.54) is 0 Å². The molecule has 114 valence electrons. The van der Waals surface area contributed by atoms with Crippen LogP contribution in [0.5, 0.6) is 0 Å². The molecule has 2 N–H and O–H groups in total. The van der Waals surface area contributed by atoms with E-state index in [0.29, 0.717) is 21.6 Å². The SMILES string of the molecule is CC[Si](CC)(CC)O[C@@H](CN)c1c(Cl)cc(Cl)cc1Cl. The van der Waals surface area contributed by atoms with E-state index in [-0.39, 0.29) is 6.10 Å². The molecule has 0 fully saturated rings.